The fraction of sp³-hybridized carbons (Fsp3) is 0.462. The Bertz CT molecular complexity index is 517. The minimum Gasteiger partial charge on any atom is -0.468 e. The molecule has 1 N–H and O–H groups in total. The van der Waals surface area contributed by atoms with Crippen molar-refractivity contribution in [2.75, 3.05) is 13.6 Å². The second-order valence-corrected chi connectivity index (χ2v) is 4.65. The Balaban J connectivity index is 1.69. The summed E-state index contributed by atoms with van der Waals surface area (Å²) >= 11 is 0. The average Bonchev–Trinajstić information content (AvgIpc) is 2.99. The van der Waals surface area contributed by atoms with E-state index in [2.05, 4.69) is 32.0 Å². The molecule has 2 aromatic rings. The third-order valence-electron chi connectivity index (χ3n) is 3.39. The Morgan fingerprint density at radius 1 is 1.44 bits per heavy atom. The maximum atomic E-state index is 5.49. The number of fused-ring (bicyclic) bond motifs is 1. The van der Waals surface area contributed by atoms with E-state index >= 15 is 0 Å². The van der Waals surface area contributed by atoms with E-state index in [9.17, 15) is 0 Å². The van der Waals surface area contributed by atoms with Crippen molar-refractivity contribution in [2.45, 2.75) is 26.2 Å². The first-order valence-electron chi connectivity index (χ1n) is 6.29. The Kier molecular flexibility index (Phi) is 3.17. The van der Waals surface area contributed by atoms with E-state index in [0.717, 1.165) is 44.3 Å². The Labute approximate surface area is 106 Å². The number of nitrogens with zero attached hydrogens (tertiary/aromatic N) is 3. The van der Waals surface area contributed by atoms with Crippen molar-refractivity contribution in [3.63, 3.8) is 0 Å². The van der Waals surface area contributed by atoms with Crippen molar-refractivity contribution in [3.05, 3.63) is 41.9 Å². The molecule has 1 aliphatic heterocycles. The molecule has 3 heterocycles. The smallest absolute Gasteiger partial charge is 0.122 e. The Hall–Kier alpha value is -1.59. The predicted octanol–water partition coefficient (Wildman–Crippen LogP) is 1.21. The first-order valence-corrected chi connectivity index (χ1v) is 6.29. The molecule has 0 radical (unpaired) electrons. The summed E-state index contributed by atoms with van der Waals surface area (Å²) in [6, 6.07) is 2.06. The normalized spacial score (nSPS) is 15.8. The second-order valence-electron chi connectivity index (χ2n) is 4.65. The van der Waals surface area contributed by atoms with Gasteiger partial charge in [0, 0.05) is 37.6 Å². The molecule has 5 nitrogen and oxygen atoms in total. The summed E-state index contributed by atoms with van der Waals surface area (Å²) in [6.07, 6.45) is 5.70. The zero-order valence-electron chi connectivity index (χ0n) is 10.6. The largest absolute Gasteiger partial charge is 0.468 e. The molecule has 18 heavy (non-hydrogen) atoms. The monoisotopic (exact) mass is 246 g/mol. The highest BCUT2D eigenvalue weighted by atomic mass is 16.3. The molecule has 1 aliphatic rings. The molecular weight excluding hydrogens is 228 g/mol. The molecule has 5 heteroatoms. The summed E-state index contributed by atoms with van der Waals surface area (Å²) in [5, 5.41) is 3.13. The van der Waals surface area contributed by atoms with Crippen molar-refractivity contribution in [3.8, 4) is 0 Å². The summed E-state index contributed by atoms with van der Waals surface area (Å²) in [4.78, 5) is 6.79. The summed E-state index contributed by atoms with van der Waals surface area (Å²) in [5.41, 5.74) is 1.27. The molecule has 0 saturated carbocycles. The van der Waals surface area contributed by atoms with Crippen molar-refractivity contribution in [1.82, 2.24) is 19.8 Å². The maximum Gasteiger partial charge on any atom is 0.122 e. The summed E-state index contributed by atoms with van der Waals surface area (Å²) in [5.74, 6) is 2.19. The number of aromatic nitrogens is 2. The summed E-state index contributed by atoms with van der Waals surface area (Å²) in [6.45, 7) is 4.71. The van der Waals surface area contributed by atoms with Crippen LogP contribution >= 0.6 is 0 Å². The van der Waals surface area contributed by atoms with Gasteiger partial charge in [0.2, 0.25) is 0 Å². The van der Waals surface area contributed by atoms with Crippen LogP contribution in [0.1, 0.15) is 17.1 Å². The number of nitrogens with one attached hydrogen (secondary N) is 1. The van der Waals surface area contributed by atoms with Crippen molar-refractivity contribution in [1.29, 1.82) is 0 Å². The molecule has 0 fully saturated rings. The highest BCUT2D eigenvalue weighted by Crippen LogP contribution is 2.17. The molecule has 0 saturated heterocycles. The van der Waals surface area contributed by atoms with Gasteiger partial charge in [0.1, 0.15) is 11.6 Å². The molecule has 2 aromatic heterocycles. The lowest BCUT2D eigenvalue weighted by molar-refractivity contribution is 0.207. The Morgan fingerprint density at radius 3 is 3.28 bits per heavy atom. The maximum absolute atomic E-state index is 5.49. The third-order valence-corrected chi connectivity index (χ3v) is 3.39. The second kappa shape index (κ2) is 4.96. The topological polar surface area (TPSA) is 46.2 Å². The highest BCUT2D eigenvalue weighted by Gasteiger charge is 2.18. The van der Waals surface area contributed by atoms with E-state index in [1.54, 1.807) is 6.26 Å². The van der Waals surface area contributed by atoms with Crippen LogP contribution in [0.3, 0.4) is 0 Å². The van der Waals surface area contributed by atoms with Crippen LogP contribution in [0.2, 0.25) is 0 Å². The van der Waals surface area contributed by atoms with Crippen LogP contribution < -0.4 is 5.32 Å². The molecule has 96 valence electrons. The van der Waals surface area contributed by atoms with Crippen LogP contribution in [0.25, 0.3) is 0 Å². The lowest BCUT2D eigenvalue weighted by Gasteiger charge is -2.27. The van der Waals surface area contributed by atoms with Gasteiger partial charge in [-0.1, -0.05) is 0 Å². The quantitative estimate of drug-likeness (QED) is 0.881. The molecule has 0 bridgehead atoms. The van der Waals surface area contributed by atoms with Crippen molar-refractivity contribution in [2.24, 2.45) is 0 Å². The zero-order valence-corrected chi connectivity index (χ0v) is 10.6. The van der Waals surface area contributed by atoms with Crippen LogP contribution in [0.4, 0.5) is 0 Å². The van der Waals surface area contributed by atoms with Gasteiger partial charge < -0.3 is 14.3 Å². The van der Waals surface area contributed by atoms with E-state index in [-0.39, 0.29) is 0 Å². The van der Waals surface area contributed by atoms with Gasteiger partial charge in [0.15, 0.2) is 0 Å². The van der Waals surface area contributed by atoms with E-state index < -0.39 is 0 Å². The van der Waals surface area contributed by atoms with Gasteiger partial charge >= 0.3 is 0 Å². The predicted molar refractivity (Wildman–Crippen MR) is 67.8 cm³/mol. The van der Waals surface area contributed by atoms with Crippen molar-refractivity contribution < 1.29 is 4.42 Å². The number of furan rings is 1. The summed E-state index contributed by atoms with van der Waals surface area (Å²) in [7, 11) is 1.93. The van der Waals surface area contributed by atoms with E-state index in [1.165, 1.54) is 5.56 Å². The first-order chi connectivity index (χ1) is 8.86. The van der Waals surface area contributed by atoms with Gasteiger partial charge in [-0.3, -0.25) is 4.90 Å². The standard InChI is InChI=1S/C13H18N4O/c1-14-8-12-11(2-7-18-12)9-16-5-6-17-4-3-15-13(17)10-16/h2-4,7,14H,5-6,8-10H2,1H3. The van der Waals surface area contributed by atoms with Crippen LogP contribution in [-0.4, -0.2) is 28.0 Å². The van der Waals surface area contributed by atoms with Crippen molar-refractivity contribution >= 4 is 0 Å². The number of imidazole rings is 1. The van der Waals surface area contributed by atoms with E-state index in [1.807, 2.05) is 13.2 Å². The summed E-state index contributed by atoms with van der Waals surface area (Å²) < 4.78 is 7.71. The van der Waals surface area contributed by atoms with Crippen LogP contribution in [-0.2, 0) is 26.2 Å². The highest BCUT2D eigenvalue weighted by molar-refractivity contribution is 5.17. The van der Waals surface area contributed by atoms with Crippen LogP contribution in [0.15, 0.2) is 29.1 Å². The number of hydrogen-bond acceptors (Lipinski definition) is 4. The Morgan fingerprint density at radius 2 is 2.39 bits per heavy atom. The van der Waals surface area contributed by atoms with Gasteiger partial charge in [-0.15, -0.1) is 0 Å². The minimum absolute atomic E-state index is 0.783. The SMILES string of the molecule is CNCc1occc1CN1CCn2ccnc2C1. The first kappa shape index (κ1) is 11.5. The fourth-order valence-corrected chi connectivity index (χ4v) is 2.42. The molecule has 0 spiro atoms. The minimum atomic E-state index is 0.783. The molecule has 0 atom stereocenters. The third kappa shape index (κ3) is 2.19. The molecule has 0 amide bonds. The number of hydrogen-bond donors (Lipinski definition) is 1. The van der Waals surface area contributed by atoms with Gasteiger partial charge in [0.25, 0.3) is 0 Å². The van der Waals surface area contributed by atoms with Crippen LogP contribution in [0.5, 0.6) is 0 Å². The van der Waals surface area contributed by atoms with Gasteiger partial charge in [0.05, 0.1) is 19.4 Å². The molecule has 0 aliphatic carbocycles. The van der Waals surface area contributed by atoms with Gasteiger partial charge in [-0.25, -0.2) is 4.98 Å². The zero-order chi connectivity index (χ0) is 12.4. The molecular formula is C13H18N4O. The van der Waals surface area contributed by atoms with Gasteiger partial charge in [-0.05, 0) is 13.1 Å². The van der Waals surface area contributed by atoms with E-state index in [0.29, 0.717) is 0 Å². The molecule has 0 aromatic carbocycles. The lowest BCUT2D eigenvalue weighted by Crippen LogP contribution is -2.33. The average molecular weight is 246 g/mol. The lowest BCUT2D eigenvalue weighted by atomic mass is 10.2. The van der Waals surface area contributed by atoms with E-state index in [4.69, 9.17) is 4.42 Å². The molecule has 3 rings (SSSR count). The molecule has 0 unspecified atom stereocenters. The fourth-order valence-electron chi connectivity index (χ4n) is 2.42. The number of rotatable bonds is 4. The van der Waals surface area contributed by atoms with Gasteiger partial charge in [-0.2, -0.15) is 0 Å². The van der Waals surface area contributed by atoms with Crippen LogP contribution in [0, 0.1) is 0 Å².